The summed E-state index contributed by atoms with van der Waals surface area (Å²) in [5.74, 6) is 0.0630. The average Bonchev–Trinajstić information content (AvgIpc) is 2.60. The second-order valence-corrected chi connectivity index (χ2v) is 4.21. The second kappa shape index (κ2) is 3.36. The Hall–Kier alpha value is -0.320. The van der Waals surface area contributed by atoms with Gasteiger partial charge in [-0.2, -0.15) is 0 Å². The number of rotatable bonds is 1. The maximum Gasteiger partial charge on any atom is 0.217 e. The lowest BCUT2D eigenvalue weighted by molar-refractivity contribution is -0.119. The predicted molar refractivity (Wildman–Crippen MR) is 53.5 cm³/mol. The number of fused-ring (bicyclic) bond motifs is 1. The Kier molecular flexibility index (Phi) is 2.45. The molecule has 1 amide bonds. The van der Waals surface area contributed by atoms with E-state index in [1.54, 1.807) is 6.92 Å². The molecule has 5 heteroatoms. The Labute approximate surface area is 89.4 Å². The van der Waals surface area contributed by atoms with Gasteiger partial charge in [-0.05, 0) is 6.42 Å². The first-order chi connectivity index (χ1) is 6.25. The van der Waals surface area contributed by atoms with E-state index >= 15 is 0 Å². The van der Waals surface area contributed by atoms with Gasteiger partial charge < -0.3 is 10.1 Å². The van der Waals surface area contributed by atoms with Crippen LogP contribution >= 0.6 is 12.4 Å². The van der Waals surface area contributed by atoms with E-state index in [-0.39, 0.29) is 30.5 Å². The number of carbonyl (C=O) groups excluding carboxylic acids is 1. The Morgan fingerprint density at radius 1 is 1.50 bits per heavy atom. The van der Waals surface area contributed by atoms with Crippen molar-refractivity contribution in [1.82, 2.24) is 10.2 Å². The monoisotopic (exact) mass is 218 g/mol. The molecular weight excluding hydrogens is 204 g/mol. The minimum atomic E-state index is 0. The molecule has 0 spiro atoms. The molecule has 0 unspecified atom stereocenters. The molecule has 3 aliphatic heterocycles. The first-order valence-corrected chi connectivity index (χ1v) is 4.92. The van der Waals surface area contributed by atoms with Crippen LogP contribution in [0.4, 0.5) is 0 Å². The van der Waals surface area contributed by atoms with Gasteiger partial charge in [0.2, 0.25) is 5.91 Å². The fraction of sp³-hybridized carbons (Fsp3) is 0.889. The fourth-order valence-corrected chi connectivity index (χ4v) is 3.00. The first kappa shape index (κ1) is 10.2. The highest BCUT2D eigenvalue weighted by Crippen LogP contribution is 2.39. The van der Waals surface area contributed by atoms with Crippen molar-refractivity contribution >= 4 is 18.3 Å². The Morgan fingerprint density at radius 2 is 2.29 bits per heavy atom. The van der Waals surface area contributed by atoms with Crippen molar-refractivity contribution in [2.24, 2.45) is 0 Å². The van der Waals surface area contributed by atoms with Crippen molar-refractivity contribution in [3.8, 4) is 0 Å². The number of hydrogen-bond donors (Lipinski definition) is 1. The third-order valence-corrected chi connectivity index (χ3v) is 3.41. The van der Waals surface area contributed by atoms with Gasteiger partial charge in [-0.3, -0.25) is 9.69 Å². The molecule has 3 rings (SSSR count). The summed E-state index contributed by atoms with van der Waals surface area (Å²) >= 11 is 0. The van der Waals surface area contributed by atoms with Gasteiger partial charge in [0.05, 0.1) is 24.3 Å². The van der Waals surface area contributed by atoms with Gasteiger partial charge in [-0.25, -0.2) is 0 Å². The van der Waals surface area contributed by atoms with E-state index in [2.05, 4.69) is 10.2 Å². The molecule has 0 aromatic rings. The van der Waals surface area contributed by atoms with Gasteiger partial charge in [0.25, 0.3) is 0 Å². The fourth-order valence-electron chi connectivity index (χ4n) is 3.00. The molecule has 0 aromatic carbocycles. The van der Waals surface area contributed by atoms with Crippen molar-refractivity contribution in [1.29, 1.82) is 0 Å². The number of halogens is 1. The minimum absolute atomic E-state index is 0. The molecular formula is C9H15ClN2O2. The Bertz CT molecular complexity index is 247. The summed E-state index contributed by atoms with van der Waals surface area (Å²) in [5, 5.41) is 3.00. The van der Waals surface area contributed by atoms with Crippen molar-refractivity contribution in [2.75, 3.05) is 13.1 Å². The van der Waals surface area contributed by atoms with E-state index in [0.29, 0.717) is 12.1 Å². The van der Waals surface area contributed by atoms with E-state index in [1.165, 1.54) is 0 Å². The number of hydrogen-bond acceptors (Lipinski definition) is 3. The molecule has 0 aliphatic carbocycles. The molecule has 0 saturated carbocycles. The number of nitrogens with zero attached hydrogens (tertiary/aromatic N) is 1. The summed E-state index contributed by atoms with van der Waals surface area (Å²) in [6.07, 6.45) is 1.77. The maximum atomic E-state index is 11.0. The van der Waals surface area contributed by atoms with Crippen LogP contribution in [0.2, 0.25) is 0 Å². The lowest BCUT2D eigenvalue weighted by Crippen LogP contribution is -2.44. The molecule has 4 nitrogen and oxygen atoms in total. The number of nitrogens with one attached hydrogen (secondary N) is 1. The molecule has 3 saturated heterocycles. The lowest BCUT2D eigenvalue weighted by atomic mass is 10.1. The van der Waals surface area contributed by atoms with Crippen molar-refractivity contribution in [3.63, 3.8) is 0 Å². The third-order valence-electron chi connectivity index (χ3n) is 3.41. The minimum Gasteiger partial charge on any atom is -0.370 e. The average molecular weight is 219 g/mol. The van der Waals surface area contributed by atoms with E-state index in [0.717, 1.165) is 19.5 Å². The van der Waals surface area contributed by atoms with Crippen LogP contribution in [0.1, 0.15) is 13.3 Å². The molecule has 3 fully saturated rings. The number of amides is 1. The topological polar surface area (TPSA) is 41.6 Å². The summed E-state index contributed by atoms with van der Waals surface area (Å²) < 4.78 is 5.81. The van der Waals surface area contributed by atoms with Crippen LogP contribution in [0.25, 0.3) is 0 Å². The summed E-state index contributed by atoms with van der Waals surface area (Å²) in [6, 6.07) is 0.721. The van der Waals surface area contributed by atoms with Gasteiger partial charge in [0.15, 0.2) is 0 Å². The first-order valence-electron chi connectivity index (χ1n) is 4.92. The lowest BCUT2D eigenvalue weighted by Gasteiger charge is -2.21. The molecule has 3 aliphatic rings. The van der Waals surface area contributed by atoms with Crippen LogP contribution in [-0.2, 0) is 9.53 Å². The van der Waals surface area contributed by atoms with E-state index < -0.39 is 0 Å². The zero-order chi connectivity index (χ0) is 9.00. The standard InChI is InChI=1S/C9H14N2O2.ClH/c1-5(12)10-8-7-4-11-3-2-6(13-7)9(8)11;/h6-9H,2-4H2,1H3,(H,10,12);1H/t6-,7+,8-,9+;/m1./s1. The van der Waals surface area contributed by atoms with Crippen LogP contribution < -0.4 is 5.32 Å². The van der Waals surface area contributed by atoms with Crippen LogP contribution in [0.3, 0.4) is 0 Å². The van der Waals surface area contributed by atoms with Crippen LogP contribution in [-0.4, -0.2) is 48.2 Å². The zero-order valence-electron chi connectivity index (χ0n) is 8.10. The van der Waals surface area contributed by atoms with Crippen molar-refractivity contribution in [3.05, 3.63) is 0 Å². The Balaban J connectivity index is 0.000000750. The highest BCUT2D eigenvalue weighted by molar-refractivity contribution is 5.85. The molecule has 3 heterocycles. The van der Waals surface area contributed by atoms with Crippen LogP contribution in [0, 0.1) is 0 Å². The maximum absolute atomic E-state index is 11.0. The van der Waals surface area contributed by atoms with E-state index in [4.69, 9.17) is 4.74 Å². The summed E-state index contributed by atoms with van der Waals surface area (Å²) in [5.41, 5.74) is 0. The SMILES string of the molecule is CC(=O)N[C@H]1[C@@H]2[C@H]3CCN2C[C@@H]1O3.Cl. The quantitative estimate of drug-likeness (QED) is 0.661. The smallest absolute Gasteiger partial charge is 0.217 e. The third kappa shape index (κ3) is 1.25. The number of ether oxygens (including phenoxy) is 1. The van der Waals surface area contributed by atoms with Crippen molar-refractivity contribution in [2.45, 2.75) is 37.6 Å². The van der Waals surface area contributed by atoms with Gasteiger partial charge in [0, 0.05) is 20.0 Å². The largest absolute Gasteiger partial charge is 0.370 e. The van der Waals surface area contributed by atoms with Gasteiger partial charge >= 0.3 is 0 Å². The Morgan fingerprint density at radius 3 is 2.93 bits per heavy atom. The second-order valence-electron chi connectivity index (χ2n) is 4.21. The summed E-state index contributed by atoms with van der Waals surface area (Å²) in [4.78, 5) is 13.4. The van der Waals surface area contributed by atoms with Crippen LogP contribution in [0.5, 0.6) is 0 Å². The molecule has 2 bridgehead atoms. The highest BCUT2D eigenvalue weighted by atomic mass is 35.5. The van der Waals surface area contributed by atoms with Crippen LogP contribution in [0.15, 0.2) is 0 Å². The molecule has 80 valence electrons. The van der Waals surface area contributed by atoms with E-state index in [9.17, 15) is 4.79 Å². The molecule has 0 aromatic heterocycles. The van der Waals surface area contributed by atoms with Gasteiger partial charge in [-0.1, -0.05) is 0 Å². The normalized spacial score (nSPS) is 43.8. The van der Waals surface area contributed by atoms with Gasteiger partial charge in [0.1, 0.15) is 0 Å². The predicted octanol–water partition coefficient (Wildman–Crippen LogP) is -0.232. The van der Waals surface area contributed by atoms with E-state index in [1.807, 2.05) is 0 Å². The van der Waals surface area contributed by atoms with Gasteiger partial charge in [-0.15, -0.1) is 12.4 Å². The zero-order valence-corrected chi connectivity index (χ0v) is 8.92. The molecule has 0 radical (unpaired) electrons. The number of morpholine rings is 1. The number of carbonyl (C=O) groups is 1. The summed E-state index contributed by atoms with van der Waals surface area (Å²) in [6.45, 7) is 3.73. The molecule has 14 heavy (non-hydrogen) atoms. The highest BCUT2D eigenvalue weighted by Gasteiger charge is 2.57. The molecule has 4 atom stereocenters. The summed E-state index contributed by atoms with van der Waals surface area (Å²) in [7, 11) is 0. The molecule has 1 N–H and O–H groups in total. The van der Waals surface area contributed by atoms with Crippen molar-refractivity contribution < 1.29 is 9.53 Å².